The highest BCUT2D eigenvalue weighted by atomic mass is 35.5. The van der Waals surface area contributed by atoms with Crippen molar-refractivity contribution in [2.45, 2.75) is 25.8 Å². The molecule has 132 valence electrons. The molecular formula is C14H19Cl2N5O3. The number of pyridine rings is 1. The molecule has 1 atom stereocenters. The molecule has 3 heterocycles. The molecule has 0 radical (unpaired) electrons. The van der Waals surface area contributed by atoms with E-state index in [1.807, 2.05) is 0 Å². The fourth-order valence-electron chi connectivity index (χ4n) is 2.71. The van der Waals surface area contributed by atoms with E-state index in [1.165, 1.54) is 0 Å². The summed E-state index contributed by atoms with van der Waals surface area (Å²) < 4.78 is 0. The van der Waals surface area contributed by atoms with Gasteiger partial charge in [-0.3, -0.25) is 19.6 Å². The van der Waals surface area contributed by atoms with Gasteiger partial charge in [0.05, 0.1) is 5.39 Å². The highest BCUT2D eigenvalue weighted by Crippen LogP contribution is 2.11. The minimum absolute atomic E-state index is 0. The Kier molecular flexibility index (Phi) is 6.94. The SMILES string of the molecule is Cc1cc(C(=O)NCC2CCCN2)nc2[nH]c(=O)[nH]c(=O)c12.Cl.Cl. The zero-order chi connectivity index (χ0) is 15.7. The Hall–Kier alpha value is -1.90. The molecule has 1 fully saturated rings. The first kappa shape index (κ1) is 20.1. The Bertz CT molecular complexity index is 842. The fraction of sp³-hybridized carbons (Fsp3) is 0.429. The van der Waals surface area contributed by atoms with Crippen LogP contribution < -0.4 is 21.9 Å². The van der Waals surface area contributed by atoms with Gasteiger partial charge >= 0.3 is 5.69 Å². The van der Waals surface area contributed by atoms with Crippen molar-refractivity contribution in [1.82, 2.24) is 25.6 Å². The first-order valence-corrected chi connectivity index (χ1v) is 7.20. The van der Waals surface area contributed by atoms with E-state index < -0.39 is 11.2 Å². The summed E-state index contributed by atoms with van der Waals surface area (Å²) in [5.41, 5.74) is -0.253. The van der Waals surface area contributed by atoms with Crippen molar-refractivity contribution in [3.63, 3.8) is 0 Å². The van der Waals surface area contributed by atoms with E-state index >= 15 is 0 Å². The maximum Gasteiger partial charge on any atom is 0.327 e. The number of nitrogens with one attached hydrogen (secondary N) is 4. The van der Waals surface area contributed by atoms with Crippen LogP contribution in [0.1, 0.15) is 28.9 Å². The largest absolute Gasteiger partial charge is 0.349 e. The number of halogens is 2. The van der Waals surface area contributed by atoms with Gasteiger partial charge in [0.25, 0.3) is 11.5 Å². The summed E-state index contributed by atoms with van der Waals surface area (Å²) in [5.74, 6) is -0.320. The van der Waals surface area contributed by atoms with E-state index in [-0.39, 0.29) is 53.5 Å². The lowest BCUT2D eigenvalue weighted by Crippen LogP contribution is -2.37. The van der Waals surface area contributed by atoms with Gasteiger partial charge in [-0.2, -0.15) is 0 Å². The Balaban J connectivity index is 0.00000144. The molecule has 0 saturated carbocycles. The van der Waals surface area contributed by atoms with Gasteiger partial charge in [-0.1, -0.05) is 0 Å². The molecule has 2 aromatic heterocycles. The summed E-state index contributed by atoms with van der Waals surface area (Å²) in [4.78, 5) is 44.0. The van der Waals surface area contributed by atoms with Crippen LogP contribution in [0.15, 0.2) is 15.7 Å². The van der Waals surface area contributed by atoms with E-state index in [0.29, 0.717) is 12.1 Å². The number of hydrogen-bond acceptors (Lipinski definition) is 5. The summed E-state index contributed by atoms with van der Waals surface area (Å²) in [5, 5.41) is 6.40. The lowest BCUT2D eigenvalue weighted by atomic mass is 10.1. The highest BCUT2D eigenvalue weighted by molar-refractivity contribution is 5.95. The minimum atomic E-state index is -0.642. The van der Waals surface area contributed by atoms with Crippen LogP contribution in [0.2, 0.25) is 0 Å². The summed E-state index contributed by atoms with van der Waals surface area (Å²) in [6.45, 7) is 3.20. The van der Waals surface area contributed by atoms with E-state index in [0.717, 1.165) is 19.4 Å². The van der Waals surface area contributed by atoms with Gasteiger partial charge in [-0.15, -0.1) is 24.8 Å². The predicted octanol–water partition coefficient (Wildman–Crippen LogP) is 0.245. The summed E-state index contributed by atoms with van der Waals surface area (Å²) in [6, 6.07) is 1.83. The standard InChI is InChI=1S/C14H17N5O3.2ClH/c1-7-5-9(12(20)16-6-8-3-2-4-15-8)17-11-10(7)13(21)19-14(22)18-11;;/h5,8,15H,2-4,6H2,1H3,(H,16,20)(H2,17,18,19,21,22);2*1H. The molecule has 10 heteroatoms. The second kappa shape index (κ2) is 8.27. The molecule has 1 unspecified atom stereocenters. The third kappa shape index (κ3) is 4.14. The summed E-state index contributed by atoms with van der Waals surface area (Å²) in [7, 11) is 0. The lowest BCUT2D eigenvalue weighted by molar-refractivity contribution is 0.0945. The molecule has 0 bridgehead atoms. The van der Waals surface area contributed by atoms with Crippen LogP contribution in [0.5, 0.6) is 0 Å². The molecule has 1 aliphatic rings. The average molecular weight is 376 g/mol. The normalized spacial score (nSPS) is 16.3. The maximum absolute atomic E-state index is 12.2. The molecule has 1 amide bonds. The monoisotopic (exact) mass is 375 g/mol. The van der Waals surface area contributed by atoms with Crippen LogP contribution in [0.25, 0.3) is 11.0 Å². The predicted molar refractivity (Wildman–Crippen MR) is 95.6 cm³/mol. The van der Waals surface area contributed by atoms with Crippen LogP contribution in [0, 0.1) is 6.92 Å². The lowest BCUT2D eigenvalue weighted by Gasteiger charge is -2.11. The first-order chi connectivity index (χ1) is 10.5. The number of rotatable bonds is 3. The van der Waals surface area contributed by atoms with Crippen molar-refractivity contribution in [1.29, 1.82) is 0 Å². The van der Waals surface area contributed by atoms with E-state index in [2.05, 4.69) is 25.6 Å². The number of fused-ring (bicyclic) bond motifs is 1. The minimum Gasteiger partial charge on any atom is -0.349 e. The zero-order valence-corrected chi connectivity index (χ0v) is 14.6. The van der Waals surface area contributed by atoms with Gasteiger partial charge < -0.3 is 10.6 Å². The maximum atomic E-state index is 12.2. The van der Waals surface area contributed by atoms with E-state index in [1.54, 1.807) is 13.0 Å². The number of amides is 1. The van der Waals surface area contributed by atoms with Gasteiger partial charge in [0.15, 0.2) is 0 Å². The van der Waals surface area contributed by atoms with Crippen molar-refractivity contribution in [3.8, 4) is 0 Å². The topological polar surface area (TPSA) is 120 Å². The zero-order valence-electron chi connectivity index (χ0n) is 13.0. The smallest absolute Gasteiger partial charge is 0.327 e. The third-order valence-electron chi connectivity index (χ3n) is 3.81. The molecule has 1 saturated heterocycles. The van der Waals surface area contributed by atoms with Crippen LogP contribution in [0.3, 0.4) is 0 Å². The number of aryl methyl sites for hydroxylation is 1. The number of H-pyrrole nitrogens is 2. The molecule has 0 spiro atoms. The Morgan fingerprint density at radius 3 is 2.75 bits per heavy atom. The quantitative estimate of drug-likeness (QED) is 0.612. The van der Waals surface area contributed by atoms with Crippen molar-refractivity contribution in [2.24, 2.45) is 0 Å². The number of carbonyl (C=O) groups excluding carboxylic acids is 1. The fourth-order valence-corrected chi connectivity index (χ4v) is 2.71. The molecule has 0 aliphatic carbocycles. The van der Waals surface area contributed by atoms with Gasteiger partial charge in [0, 0.05) is 12.6 Å². The van der Waals surface area contributed by atoms with Crippen LogP contribution in [-0.4, -0.2) is 40.0 Å². The van der Waals surface area contributed by atoms with Gasteiger partial charge in [-0.05, 0) is 37.9 Å². The number of nitrogens with zero attached hydrogens (tertiary/aromatic N) is 1. The molecule has 1 aliphatic heterocycles. The second-order valence-corrected chi connectivity index (χ2v) is 5.46. The Morgan fingerprint density at radius 1 is 1.33 bits per heavy atom. The molecular weight excluding hydrogens is 357 g/mol. The Labute approximate surface area is 149 Å². The summed E-state index contributed by atoms with van der Waals surface area (Å²) >= 11 is 0. The highest BCUT2D eigenvalue weighted by Gasteiger charge is 2.17. The summed E-state index contributed by atoms with van der Waals surface area (Å²) in [6.07, 6.45) is 2.14. The number of carbonyl (C=O) groups is 1. The van der Waals surface area contributed by atoms with E-state index in [9.17, 15) is 14.4 Å². The van der Waals surface area contributed by atoms with Crippen LogP contribution in [0.4, 0.5) is 0 Å². The molecule has 3 rings (SSSR count). The number of aromatic amines is 2. The van der Waals surface area contributed by atoms with Gasteiger partial charge in [-0.25, -0.2) is 9.78 Å². The molecule has 8 nitrogen and oxygen atoms in total. The third-order valence-corrected chi connectivity index (χ3v) is 3.81. The average Bonchev–Trinajstić information content (AvgIpc) is 2.96. The van der Waals surface area contributed by atoms with Crippen molar-refractivity contribution in [2.75, 3.05) is 13.1 Å². The molecule has 0 aromatic carbocycles. The van der Waals surface area contributed by atoms with Crippen LogP contribution in [-0.2, 0) is 0 Å². The molecule has 2 aromatic rings. The van der Waals surface area contributed by atoms with Crippen molar-refractivity contribution < 1.29 is 4.79 Å². The van der Waals surface area contributed by atoms with Gasteiger partial charge in [0.2, 0.25) is 0 Å². The number of hydrogen-bond donors (Lipinski definition) is 4. The van der Waals surface area contributed by atoms with Crippen molar-refractivity contribution >= 4 is 41.8 Å². The second-order valence-electron chi connectivity index (χ2n) is 5.46. The van der Waals surface area contributed by atoms with Crippen molar-refractivity contribution in [3.05, 3.63) is 38.2 Å². The van der Waals surface area contributed by atoms with Crippen LogP contribution >= 0.6 is 24.8 Å². The van der Waals surface area contributed by atoms with Gasteiger partial charge in [0.1, 0.15) is 11.3 Å². The molecule has 4 N–H and O–H groups in total. The first-order valence-electron chi connectivity index (χ1n) is 7.20. The number of aromatic nitrogens is 3. The Morgan fingerprint density at radius 2 is 2.08 bits per heavy atom. The molecule has 24 heavy (non-hydrogen) atoms. The van der Waals surface area contributed by atoms with E-state index in [4.69, 9.17) is 0 Å².